The van der Waals surface area contributed by atoms with Crippen LogP contribution in [0.5, 0.6) is 5.75 Å². The third kappa shape index (κ3) is 2.75. The van der Waals surface area contributed by atoms with Crippen LogP contribution in [0.3, 0.4) is 0 Å². The van der Waals surface area contributed by atoms with Gasteiger partial charge in [0.25, 0.3) is 0 Å². The Morgan fingerprint density at radius 1 is 1.39 bits per heavy atom. The molecule has 1 fully saturated rings. The topological polar surface area (TPSA) is 61.5 Å². The van der Waals surface area contributed by atoms with Gasteiger partial charge in [0.15, 0.2) is 0 Å². The second kappa shape index (κ2) is 5.76. The van der Waals surface area contributed by atoms with Crippen LogP contribution in [0.2, 0.25) is 0 Å². The van der Waals surface area contributed by atoms with E-state index in [2.05, 4.69) is 4.74 Å². The van der Waals surface area contributed by atoms with E-state index >= 15 is 0 Å². The van der Waals surface area contributed by atoms with E-state index in [-0.39, 0.29) is 0 Å². The number of ether oxygens (including phenoxy) is 2. The summed E-state index contributed by atoms with van der Waals surface area (Å²) in [5, 5.41) is 0. The number of carbonyl (C=O) groups excluding carboxylic acids is 1. The molecule has 0 aliphatic heterocycles. The lowest BCUT2D eigenvalue weighted by Gasteiger charge is -2.14. The van der Waals surface area contributed by atoms with Crippen LogP contribution in [0, 0.1) is 5.92 Å². The number of hydrogen-bond donors (Lipinski definition) is 1. The smallest absolute Gasteiger partial charge is 0.340 e. The highest BCUT2D eigenvalue weighted by Crippen LogP contribution is 2.29. The van der Waals surface area contributed by atoms with Crippen LogP contribution in [0.1, 0.15) is 36.0 Å². The molecule has 0 atom stereocenters. The standard InChI is InChI=1S/C14H19NO3/c1-17-14(16)11-7-4-8-12(13(11)15)18-9-10-5-2-3-6-10/h4,7-8,10H,2-3,5-6,9,15H2,1H3. The van der Waals surface area contributed by atoms with Gasteiger partial charge in [0.1, 0.15) is 5.75 Å². The summed E-state index contributed by atoms with van der Waals surface area (Å²) >= 11 is 0. The molecule has 0 saturated heterocycles. The fourth-order valence-electron chi connectivity index (χ4n) is 2.34. The van der Waals surface area contributed by atoms with Gasteiger partial charge in [-0.25, -0.2) is 4.79 Å². The molecular formula is C14H19NO3. The van der Waals surface area contributed by atoms with E-state index in [1.807, 2.05) is 0 Å². The first-order chi connectivity index (χ1) is 8.72. The quantitative estimate of drug-likeness (QED) is 0.658. The van der Waals surface area contributed by atoms with E-state index in [4.69, 9.17) is 10.5 Å². The summed E-state index contributed by atoms with van der Waals surface area (Å²) < 4.78 is 10.4. The van der Waals surface area contributed by atoms with Gasteiger partial charge in [-0.1, -0.05) is 18.9 Å². The largest absolute Gasteiger partial charge is 0.491 e. The van der Waals surface area contributed by atoms with Gasteiger partial charge in [-0.3, -0.25) is 0 Å². The van der Waals surface area contributed by atoms with Crippen LogP contribution in [-0.4, -0.2) is 19.7 Å². The van der Waals surface area contributed by atoms with Gasteiger partial charge >= 0.3 is 5.97 Å². The molecule has 1 saturated carbocycles. The van der Waals surface area contributed by atoms with Gasteiger partial charge in [-0.2, -0.15) is 0 Å². The molecule has 0 aromatic heterocycles. The van der Waals surface area contributed by atoms with Gasteiger partial charge in [-0.15, -0.1) is 0 Å². The van der Waals surface area contributed by atoms with Crippen molar-refractivity contribution in [1.29, 1.82) is 0 Å². The zero-order valence-electron chi connectivity index (χ0n) is 10.6. The van der Waals surface area contributed by atoms with Crippen molar-refractivity contribution in [3.05, 3.63) is 23.8 Å². The summed E-state index contributed by atoms with van der Waals surface area (Å²) in [4.78, 5) is 11.5. The maximum Gasteiger partial charge on any atom is 0.340 e. The second-order valence-electron chi connectivity index (χ2n) is 4.67. The van der Waals surface area contributed by atoms with Gasteiger partial charge < -0.3 is 15.2 Å². The fourth-order valence-corrected chi connectivity index (χ4v) is 2.34. The number of hydrogen-bond acceptors (Lipinski definition) is 4. The Kier molecular flexibility index (Phi) is 4.07. The molecule has 1 aromatic rings. The van der Waals surface area contributed by atoms with Crippen LogP contribution < -0.4 is 10.5 Å². The highest BCUT2D eigenvalue weighted by atomic mass is 16.5. The summed E-state index contributed by atoms with van der Waals surface area (Å²) in [7, 11) is 1.34. The number of anilines is 1. The normalized spacial score (nSPS) is 15.6. The molecule has 4 nitrogen and oxygen atoms in total. The van der Waals surface area contributed by atoms with Gasteiger partial charge in [0.2, 0.25) is 0 Å². The first-order valence-electron chi connectivity index (χ1n) is 6.32. The summed E-state index contributed by atoms with van der Waals surface area (Å²) in [6.07, 6.45) is 5.00. The third-order valence-electron chi connectivity index (χ3n) is 3.42. The number of para-hydroxylation sites is 1. The predicted octanol–water partition coefficient (Wildman–Crippen LogP) is 2.62. The van der Waals surface area contributed by atoms with Crippen LogP contribution in [0.15, 0.2) is 18.2 Å². The average Bonchev–Trinajstić information content (AvgIpc) is 2.90. The zero-order valence-corrected chi connectivity index (χ0v) is 10.6. The lowest BCUT2D eigenvalue weighted by atomic mass is 10.1. The molecule has 1 aromatic carbocycles. The van der Waals surface area contributed by atoms with Crippen LogP contribution >= 0.6 is 0 Å². The van der Waals surface area contributed by atoms with Crippen molar-refractivity contribution in [3.63, 3.8) is 0 Å². The van der Waals surface area contributed by atoms with Gasteiger partial charge in [0, 0.05) is 0 Å². The van der Waals surface area contributed by atoms with Crippen molar-refractivity contribution < 1.29 is 14.3 Å². The number of esters is 1. The molecule has 0 unspecified atom stereocenters. The first-order valence-corrected chi connectivity index (χ1v) is 6.32. The minimum Gasteiger partial charge on any atom is -0.491 e. The zero-order chi connectivity index (χ0) is 13.0. The maximum atomic E-state index is 11.5. The average molecular weight is 249 g/mol. The van der Waals surface area contributed by atoms with Crippen molar-refractivity contribution in [3.8, 4) is 5.75 Å². The van der Waals surface area contributed by atoms with E-state index < -0.39 is 5.97 Å². The Labute approximate surface area is 107 Å². The SMILES string of the molecule is COC(=O)c1cccc(OCC2CCCC2)c1N. The number of nitrogen functional groups attached to an aromatic ring is 1. The highest BCUT2D eigenvalue weighted by Gasteiger charge is 2.18. The summed E-state index contributed by atoms with van der Waals surface area (Å²) in [5.74, 6) is 0.759. The molecule has 0 radical (unpaired) electrons. The Bertz CT molecular complexity index is 425. The molecule has 1 aliphatic carbocycles. The van der Waals surface area contributed by atoms with Crippen LogP contribution in [-0.2, 0) is 4.74 Å². The second-order valence-corrected chi connectivity index (χ2v) is 4.67. The van der Waals surface area contributed by atoms with Gasteiger partial charge in [-0.05, 0) is 30.9 Å². The summed E-state index contributed by atoms with van der Waals surface area (Å²) in [5.41, 5.74) is 6.64. The maximum absolute atomic E-state index is 11.5. The molecule has 18 heavy (non-hydrogen) atoms. The molecule has 0 spiro atoms. The van der Waals surface area contributed by atoms with Crippen molar-refractivity contribution >= 4 is 11.7 Å². The van der Waals surface area contributed by atoms with Crippen molar-refractivity contribution in [2.24, 2.45) is 5.92 Å². The lowest BCUT2D eigenvalue weighted by Crippen LogP contribution is -2.11. The minimum atomic E-state index is -0.432. The van der Waals surface area contributed by atoms with E-state index in [1.165, 1.54) is 32.8 Å². The molecule has 0 amide bonds. The highest BCUT2D eigenvalue weighted by molar-refractivity contribution is 5.96. The van der Waals surface area contributed by atoms with E-state index in [9.17, 15) is 4.79 Å². The molecule has 4 heteroatoms. The van der Waals surface area contributed by atoms with Crippen molar-refractivity contribution in [2.75, 3.05) is 19.5 Å². The summed E-state index contributed by atoms with van der Waals surface area (Å²) in [6, 6.07) is 5.19. The lowest BCUT2D eigenvalue weighted by molar-refractivity contribution is 0.0601. The number of benzene rings is 1. The molecule has 98 valence electrons. The van der Waals surface area contributed by atoms with E-state index in [0.29, 0.717) is 29.5 Å². The number of carbonyl (C=O) groups is 1. The molecule has 0 bridgehead atoms. The van der Waals surface area contributed by atoms with E-state index in [1.54, 1.807) is 18.2 Å². The fraction of sp³-hybridized carbons (Fsp3) is 0.500. The Morgan fingerprint density at radius 3 is 2.78 bits per heavy atom. The Morgan fingerprint density at radius 2 is 2.11 bits per heavy atom. The number of nitrogens with two attached hydrogens (primary N) is 1. The molecule has 0 heterocycles. The monoisotopic (exact) mass is 249 g/mol. The molecule has 2 N–H and O–H groups in total. The molecule has 1 aliphatic rings. The minimum absolute atomic E-state index is 0.362. The molecule has 2 rings (SSSR count). The van der Waals surface area contributed by atoms with Crippen LogP contribution in [0.4, 0.5) is 5.69 Å². The van der Waals surface area contributed by atoms with Gasteiger partial charge in [0.05, 0.1) is 25.0 Å². The van der Waals surface area contributed by atoms with Crippen molar-refractivity contribution in [2.45, 2.75) is 25.7 Å². The third-order valence-corrected chi connectivity index (χ3v) is 3.42. The Hall–Kier alpha value is -1.71. The van der Waals surface area contributed by atoms with Crippen LogP contribution in [0.25, 0.3) is 0 Å². The number of rotatable bonds is 4. The Balaban J connectivity index is 2.05. The van der Waals surface area contributed by atoms with Crippen molar-refractivity contribution in [1.82, 2.24) is 0 Å². The number of methoxy groups -OCH3 is 1. The first kappa shape index (κ1) is 12.7. The predicted molar refractivity (Wildman–Crippen MR) is 69.6 cm³/mol. The van der Waals surface area contributed by atoms with E-state index in [0.717, 1.165) is 0 Å². The molecular weight excluding hydrogens is 230 g/mol. The summed E-state index contributed by atoms with van der Waals surface area (Å²) in [6.45, 7) is 0.675.